The highest BCUT2D eigenvalue weighted by Crippen LogP contribution is 2.37. The van der Waals surface area contributed by atoms with Crippen molar-refractivity contribution in [1.82, 2.24) is 24.3 Å². The highest BCUT2D eigenvalue weighted by molar-refractivity contribution is 6.76. The summed E-state index contributed by atoms with van der Waals surface area (Å²) in [5, 5.41) is 17.2. The number of nitrogens with one attached hydrogen (secondary N) is 1. The first kappa shape index (κ1) is 26.4. The quantitative estimate of drug-likeness (QED) is 0.220. The van der Waals surface area contributed by atoms with Gasteiger partial charge in [-0.25, -0.2) is 4.98 Å². The van der Waals surface area contributed by atoms with Gasteiger partial charge in [0.25, 0.3) is 0 Å². The standard InChI is InChI=1S/C25H28F3N7OSi/c1-16-8-17(12-30-11-16)19-9-21(31-23-20(25(26,27)28)14-34(2)33-23)32-24-22(19)18(10-29)13-35(24)15-36-6-7-37(3,4)5/h8-9,11-14H,6-7,15H2,1-5H3,(H,31,32,33). The van der Waals surface area contributed by atoms with Crippen molar-refractivity contribution in [1.29, 1.82) is 5.26 Å². The largest absolute Gasteiger partial charge is 0.421 e. The number of halogens is 3. The number of rotatable bonds is 8. The Morgan fingerprint density at radius 1 is 1.16 bits per heavy atom. The van der Waals surface area contributed by atoms with Crippen molar-refractivity contribution in [2.24, 2.45) is 7.05 Å². The molecule has 12 heteroatoms. The molecule has 0 saturated carbocycles. The molecule has 4 aromatic rings. The topological polar surface area (TPSA) is 93.6 Å². The van der Waals surface area contributed by atoms with Crippen molar-refractivity contribution in [2.45, 2.75) is 45.5 Å². The lowest BCUT2D eigenvalue weighted by Crippen LogP contribution is -2.22. The Morgan fingerprint density at radius 3 is 2.57 bits per heavy atom. The summed E-state index contributed by atoms with van der Waals surface area (Å²) in [4.78, 5) is 8.86. The van der Waals surface area contributed by atoms with Gasteiger partial charge in [-0.2, -0.15) is 23.5 Å². The van der Waals surface area contributed by atoms with Crippen molar-refractivity contribution in [3.8, 4) is 17.2 Å². The number of ether oxygens (including phenoxy) is 1. The molecule has 0 fully saturated rings. The number of nitrogens with zero attached hydrogens (tertiary/aromatic N) is 6. The van der Waals surface area contributed by atoms with E-state index in [2.05, 4.69) is 46.1 Å². The SMILES string of the molecule is Cc1cncc(-c2cc(Nc3nn(C)cc3C(F)(F)F)nc3c2c(C#N)cn3COCC[Si](C)(C)C)c1. The molecule has 4 rings (SSSR count). The van der Waals surface area contributed by atoms with E-state index in [9.17, 15) is 18.4 Å². The van der Waals surface area contributed by atoms with Crippen molar-refractivity contribution in [3.05, 3.63) is 53.6 Å². The predicted molar refractivity (Wildman–Crippen MR) is 138 cm³/mol. The van der Waals surface area contributed by atoms with Crippen LogP contribution in [0.3, 0.4) is 0 Å². The molecular weight excluding hydrogens is 499 g/mol. The van der Waals surface area contributed by atoms with E-state index in [1.54, 1.807) is 29.2 Å². The Hall–Kier alpha value is -3.69. The molecule has 194 valence electrons. The molecule has 4 aromatic heterocycles. The van der Waals surface area contributed by atoms with Crippen LogP contribution in [0.1, 0.15) is 16.7 Å². The summed E-state index contributed by atoms with van der Waals surface area (Å²) in [5.74, 6) is -0.209. The van der Waals surface area contributed by atoms with Crippen LogP contribution < -0.4 is 5.32 Å². The first-order valence-corrected chi connectivity index (χ1v) is 15.4. The minimum absolute atomic E-state index is 0.152. The normalized spacial score (nSPS) is 12.2. The number of aryl methyl sites for hydroxylation is 2. The zero-order valence-corrected chi connectivity index (χ0v) is 22.3. The van der Waals surface area contributed by atoms with Crippen LogP contribution in [-0.2, 0) is 24.7 Å². The number of anilines is 2. The molecule has 0 spiro atoms. The lowest BCUT2D eigenvalue weighted by Gasteiger charge is -2.16. The van der Waals surface area contributed by atoms with E-state index < -0.39 is 19.8 Å². The lowest BCUT2D eigenvalue weighted by molar-refractivity contribution is -0.137. The first-order valence-electron chi connectivity index (χ1n) is 11.7. The van der Waals surface area contributed by atoms with Crippen LogP contribution in [0.4, 0.5) is 24.8 Å². The fourth-order valence-corrected chi connectivity index (χ4v) is 4.67. The average molecular weight is 528 g/mol. The first-order chi connectivity index (χ1) is 17.4. The van der Waals surface area contributed by atoms with Gasteiger partial charge in [0.05, 0.1) is 5.56 Å². The molecule has 0 unspecified atom stereocenters. The molecule has 0 amide bonds. The summed E-state index contributed by atoms with van der Waals surface area (Å²) >= 11 is 0. The predicted octanol–water partition coefficient (Wildman–Crippen LogP) is 6.09. The Kier molecular flexibility index (Phi) is 7.12. The number of pyridine rings is 2. The van der Waals surface area contributed by atoms with Gasteiger partial charge in [-0.1, -0.05) is 19.6 Å². The van der Waals surface area contributed by atoms with Gasteiger partial charge >= 0.3 is 6.18 Å². The Bertz CT molecular complexity index is 1480. The highest BCUT2D eigenvalue weighted by atomic mass is 28.3. The molecular formula is C25H28F3N7OSi. The van der Waals surface area contributed by atoms with Crippen LogP contribution in [0.5, 0.6) is 0 Å². The van der Waals surface area contributed by atoms with Gasteiger partial charge in [0.1, 0.15) is 29.8 Å². The monoisotopic (exact) mass is 527 g/mol. The third-order valence-electron chi connectivity index (χ3n) is 5.74. The van der Waals surface area contributed by atoms with Gasteiger partial charge in [0.15, 0.2) is 5.82 Å². The number of alkyl halides is 3. The van der Waals surface area contributed by atoms with E-state index in [0.717, 1.165) is 22.5 Å². The van der Waals surface area contributed by atoms with Crippen molar-refractivity contribution in [2.75, 3.05) is 11.9 Å². The van der Waals surface area contributed by atoms with Crippen LogP contribution in [0.25, 0.3) is 22.2 Å². The second-order valence-corrected chi connectivity index (χ2v) is 15.8. The number of hydrogen-bond acceptors (Lipinski definition) is 6. The smallest absolute Gasteiger partial charge is 0.361 e. The summed E-state index contributed by atoms with van der Waals surface area (Å²) in [6, 6.07) is 6.70. The molecule has 37 heavy (non-hydrogen) atoms. The van der Waals surface area contributed by atoms with Gasteiger partial charge in [0.2, 0.25) is 0 Å². The Morgan fingerprint density at radius 2 is 1.92 bits per heavy atom. The molecule has 0 radical (unpaired) electrons. The maximum atomic E-state index is 13.6. The van der Waals surface area contributed by atoms with Gasteiger partial charge in [0, 0.05) is 57.5 Å². The minimum atomic E-state index is -4.59. The van der Waals surface area contributed by atoms with Crippen molar-refractivity contribution < 1.29 is 17.9 Å². The number of aromatic nitrogens is 5. The third-order valence-corrected chi connectivity index (χ3v) is 7.44. The van der Waals surface area contributed by atoms with E-state index in [-0.39, 0.29) is 18.4 Å². The molecule has 0 aliphatic heterocycles. The maximum absolute atomic E-state index is 13.6. The van der Waals surface area contributed by atoms with Crippen LogP contribution in [0.2, 0.25) is 25.7 Å². The molecule has 0 aromatic carbocycles. The highest BCUT2D eigenvalue weighted by Gasteiger charge is 2.36. The van der Waals surface area contributed by atoms with Crippen LogP contribution in [0, 0.1) is 18.3 Å². The molecule has 0 aliphatic rings. The number of hydrogen-bond donors (Lipinski definition) is 1. The zero-order chi connectivity index (χ0) is 27.0. The molecule has 0 bridgehead atoms. The van der Waals surface area contributed by atoms with Crippen LogP contribution in [0.15, 0.2) is 36.9 Å². The summed E-state index contributed by atoms with van der Waals surface area (Å²) in [6.45, 7) is 9.37. The van der Waals surface area contributed by atoms with Gasteiger partial charge in [-0.05, 0) is 36.2 Å². The van der Waals surface area contributed by atoms with E-state index in [1.807, 2.05) is 13.0 Å². The van der Waals surface area contributed by atoms with Gasteiger partial charge in [-0.3, -0.25) is 9.67 Å². The summed E-state index contributed by atoms with van der Waals surface area (Å²) in [5.41, 5.74) is 2.11. The van der Waals surface area contributed by atoms with Gasteiger partial charge < -0.3 is 14.6 Å². The summed E-state index contributed by atoms with van der Waals surface area (Å²) in [7, 11) is 0.119. The van der Waals surface area contributed by atoms with Crippen molar-refractivity contribution in [3.63, 3.8) is 0 Å². The summed E-state index contributed by atoms with van der Waals surface area (Å²) in [6.07, 6.45) is 1.33. The van der Waals surface area contributed by atoms with Crippen molar-refractivity contribution >= 4 is 30.7 Å². The fraction of sp³-hybridized carbons (Fsp3) is 0.360. The lowest BCUT2D eigenvalue weighted by atomic mass is 10.0. The fourth-order valence-electron chi connectivity index (χ4n) is 3.91. The van der Waals surface area contributed by atoms with E-state index in [4.69, 9.17) is 4.74 Å². The molecule has 4 heterocycles. The summed E-state index contributed by atoms with van der Waals surface area (Å²) < 4.78 is 49.5. The molecule has 0 saturated heterocycles. The molecule has 0 atom stereocenters. The Labute approximate surface area is 213 Å². The zero-order valence-electron chi connectivity index (χ0n) is 21.3. The maximum Gasteiger partial charge on any atom is 0.421 e. The second kappa shape index (κ2) is 9.99. The number of fused-ring (bicyclic) bond motifs is 1. The van der Waals surface area contributed by atoms with Crippen LogP contribution in [-0.4, -0.2) is 39.0 Å². The third kappa shape index (κ3) is 6.00. The van der Waals surface area contributed by atoms with Gasteiger partial charge in [-0.15, -0.1) is 0 Å². The van der Waals surface area contributed by atoms with E-state index in [1.165, 1.54) is 7.05 Å². The second-order valence-electron chi connectivity index (χ2n) is 10.2. The Balaban J connectivity index is 1.84. The van der Waals surface area contributed by atoms with Crippen LogP contribution >= 0.6 is 0 Å². The molecule has 0 aliphatic carbocycles. The minimum Gasteiger partial charge on any atom is -0.361 e. The van der Waals surface area contributed by atoms with E-state index >= 15 is 0 Å². The number of nitriles is 1. The molecule has 1 N–H and O–H groups in total. The van der Waals surface area contributed by atoms with E-state index in [0.29, 0.717) is 34.3 Å². The molecule has 8 nitrogen and oxygen atoms in total. The average Bonchev–Trinajstić information content (AvgIpc) is 3.35.